The smallest absolute Gasteiger partial charge is 0.335 e. The van der Waals surface area contributed by atoms with E-state index in [-0.39, 0.29) is 23.2 Å². The Bertz CT molecular complexity index is 1300. The molecule has 1 heterocycles. The predicted octanol–water partition coefficient (Wildman–Crippen LogP) is 5.70. The highest BCUT2D eigenvalue weighted by atomic mass is 19.1. The van der Waals surface area contributed by atoms with Crippen molar-refractivity contribution in [3.05, 3.63) is 83.7 Å². The number of benzene rings is 3. The molecule has 0 spiro atoms. The average Bonchev–Trinajstić information content (AvgIpc) is 3.58. The molecule has 1 saturated carbocycles. The van der Waals surface area contributed by atoms with Crippen molar-refractivity contribution >= 4 is 29.3 Å². The van der Waals surface area contributed by atoms with Gasteiger partial charge in [-0.05, 0) is 84.7 Å². The third kappa shape index (κ3) is 5.07. The second-order valence-electron chi connectivity index (χ2n) is 9.24. The summed E-state index contributed by atoms with van der Waals surface area (Å²) in [5.41, 5.74) is 3.61. The largest absolute Gasteiger partial charge is 0.478 e. The van der Waals surface area contributed by atoms with Gasteiger partial charge in [-0.3, -0.25) is 4.79 Å². The second kappa shape index (κ2) is 9.81. The van der Waals surface area contributed by atoms with Crippen LogP contribution in [-0.2, 0) is 4.79 Å². The number of carbonyl (C=O) groups excluding carboxylic acids is 2. The number of carboxylic acid groups (broad SMARTS) is 1. The minimum Gasteiger partial charge on any atom is -0.478 e. The van der Waals surface area contributed by atoms with Gasteiger partial charge in [0.15, 0.2) is 0 Å². The fourth-order valence-corrected chi connectivity index (χ4v) is 4.58. The summed E-state index contributed by atoms with van der Waals surface area (Å²) in [7, 11) is 0. The molecule has 3 aromatic carbocycles. The van der Waals surface area contributed by atoms with Crippen molar-refractivity contribution < 1.29 is 23.9 Å². The monoisotopic (exact) mass is 487 g/mol. The fourth-order valence-electron chi connectivity index (χ4n) is 4.58. The number of hydrogen-bond donors (Lipinski definition) is 3. The minimum atomic E-state index is -0.979. The number of likely N-dealkylation sites (tertiary alicyclic amines) is 1. The van der Waals surface area contributed by atoms with Gasteiger partial charge in [0, 0.05) is 17.9 Å². The number of nitrogens with one attached hydrogen (secondary N) is 2. The van der Waals surface area contributed by atoms with Crippen LogP contribution in [0.4, 0.5) is 20.6 Å². The zero-order valence-electron chi connectivity index (χ0n) is 19.5. The highest BCUT2D eigenvalue weighted by molar-refractivity contribution is 5.99. The zero-order valence-corrected chi connectivity index (χ0v) is 19.5. The van der Waals surface area contributed by atoms with Gasteiger partial charge in [-0.1, -0.05) is 30.3 Å². The minimum absolute atomic E-state index is 0.216. The lowest BCUT2D eigenvalue weighted by atomic mass is 10.0. The van der Waals surface area contributed by atoms with Gasteiger partial charge in [-0.25, -0.2) is 14.0 Å². The van der Waals surface area contributed by atoms with Crippen LogP contribution in [0.15, 0.2) is 66.7 Å². The summed E-state index contributed by atoms with van der Waals surface area (Å²) in [6.07, 6.45) is 3.24. The van der Waals surface area contributed by atoms with Crippen LogP contribution in [0.3, 0.4) is 0 Å². The fraction of sp³-hybridized carbons (Fsp3) is 0.250. The van der Waals surface area contributed by atoms with Crippen LogP contribution in [0, 0.1) is 5.82 Å². The Morgan fingerprint density at radius 1 is 0.833 bits per heavy atom. The van der Waals surface area contributed by atoms with Crippen molar-refractivity contribution in [1.29, 1.82) is 0 Å². The van der Waals surface area contributed by atoms with E-state index >= 15 is 0 Å². The zero-order chi connectivity index (χ0) is 25.2. The maximum atomic E-state index is 14.3. The van der Waals surface area contributed by atoms with E-state index in [9.17, 15) is 18.8 Å². The van der Waals surface area contributed by atoms with Crippen molar-refractivity contribution in [3.8, 4) is 11.1 Å². The van der Waals surface area contributed by atoms with Crippen molar-refractivity contribution in [2.75, 3.05) is 17.2 Å². The molecule has 2 fully saturated rings. The number of halogens is 1. The van der Waals surface area contributed by atoms with Crippen LogP contribution in [0.5, 0.6) is 0 Å². The van der Waals surface area contributed by atoms with Gasteiger partial charge in [0.05, 0.1) is 5.56 Å². The molecule has 1 saturated heterocycles. The maximum absolute atomic E-state index is 14.3. The molecule has 1 aliphatic heterocycles. The lowest BCUT2D eigenvalue weighted by Gasteiger charge is -2.24. The first-order valence-corrected chi connectivity index (χ1v) is 12.0. The number of nitrogens with zero attached hydrogens (tertiary/aromatic N) is 1. The van der Waals surface area contributed by atoms with Crippen molar-refractivity contribution in [3.63, 3.8) is 0 Å². The predicted molar refractivity (Wildman–Crippen MR) is 135 cm³/mol. The number of urea groups is 1. The summed E-state index contributed by atoms with van der Waals surface area (Å²) in [5, 5.41) is 14.6. The number of carboxylic acids is 1. The average molecular weight is 488 g/mol. The van der Waals surface area contributed by atoms with E-state index in [1.807, 2.05) is 12.1 Å². The number of rotatable bonds is 6. The molecule has 1 aliphatic carbocycles. The van der Waals surface area contributed by atoms with Crippen LogP contribution in [0.25, 0.3) is 11.1 Å². The second-order valence-corrected chi connectivity index (χ2v) is 9.24. The molecular formula is C28H26FN3O4. The molecule has 3 aromatic rings. The molecule has 0 aromatic heterocycles. The Morgan fingerprint density at radius 2 is 1.47 bits per heavy atom. The van der Waals surface area contributed by atoms with E-state index in [0.29, 0.717) is 36.3 Å². The Hall–Kier alpha value is -4.20. The molecule has 2 aliphatic rings. The van der Waals surface area contributed by atoms with Gasteiger partial charge in [0.2, 0.25) is 5.91 Å². The summed E-state index contributed by atoms with van der Waals surface area (Å²) >= 11 is 0. The third-order valence-corrected chi connectivity index (χ3v) is 6.70. The lowest BCUT2D eigenvalue weighted by Crippen LogP contribution is -2.45. The van der Waals surface area contributed by atoms with E-state index in [1.165, 1.54) is 11.0 Å². The molecule has 184 valence electrons. The Labute approximate surface area is 207 Å². The van der Waals surface area contributed by atoms with Crippen LogP contribution >= 0.6 is 0 Å². The van der Waals surface area contributed by atoms with E-state index in [1.54, 1.807) is 48.5 Å². The number of anilines is 2. The molecule has 3 amide bonds. The molecule has 0 bridgehead atoms. The van der Waals surface area contributed by atoms with E-state index in [4.69, 9.17) is 5.11 Å². The normalized spacial score (nSPS) is 17.0. The number of hydrogen-bond acceptors (Lipinski definition) is 3. The third-order valence-electron chi connectivity index (χ3n) is 6.70. The molecule has 0 unspecified atom stereocenters. The van der Waals surface area contributed by atoms with Gasteiger partial charge in [-0.15, -0.1) is 0 Å². The highest BCUT2D eigenvalue weighted by Crippen LogP contribution is 2.41. The molecule has 5 rings (SSSR count). The summed E-state index contributed by atoms with van der Waals surface area (Å²) in [5.74, 6) is -1.29. The summed E-state index contributed by atoms with van der Waals surface area (Å²) in [4.78, 5) is 38.4. The standard InChI is InChI=1S/C28H26FN3O4/c29-24-16-22(13-14-23(24)19-5-6-19)31-28(36)32-15-1-2-25(32)26(33)30-21-11-9-18(10-12-21)17-3-7-20(8-4-17)27(34)35/h3-4,7-14,16,19,25H,1-2,5-6,15H2,(H,30,33)(H,31,36)(H,34,35)/t25-/m1/s1. The van der Waals surface area contributed by atoms with E-state index in [0.717, 1.165) is 24.0 Å². The van der Waals surface area contributed by atoms with Crippen molar-refractivity contribution in [2.45, 2.75) is 37.6 Å². The molecule has 1 atom stereocenters. The molecular weight excluding hydrogens is 461 g/mol. The van der Waals surface area contributed by atoms with Crippen LogP contribution < -0.4 is 10.6 Å². The quantitative estimate of drug-likeness (QED) is 0.415. The van der Waals surface area contributed by atoms with Crippen molar-refractivity contribution in [1.82, 2.24) is 4.90 Å². The van der Waals surface area contributed by atoms with E-state index in [2.05, 4.69) is 10.6 Å². The molecule has 0 radical (unpaired) electrons. The van der Waals surface area contributed by atoms with Crippen LogP contribution in [0.2, 0.25) is 0 Å². The van der Waals surface area contributed by atoms with Gasteiger partial charge in [0.1, 0.15) is 11.9 Å². The molecule has 7 nitrogen and oxygen atoms in total. The van der Waals surface area contributed by atoms with Gasteiger partial charge in [-0.2, -0.15) is 0 Å². The summed E-state index contributed by atoms with van der Waals surface area (Å²) < 4.78 is 14.3. The van der Waals surface area contributed by atoms with Gasteiger partial charge < -0.3 is 20.6 Å². The first-order chi connectivity index (χ1) is 17.4. The van der Waals surface area contributed by atoms with Crippen molar-refractivity contribution in [2.24, 2.45) is 0 Å². The SMILES string of the molecule is O=C(O)c1ccc(-c2ccc(NC(=O)[C@H]3CCCN3C(=O)Nc3ccc(C4CC4)c(F)c3)cc2)cc1. The Kier molecular flexibility index (Phi) is 6.41. The van der Waals surface area contributed by atoms with Gasteiger partial charge in [0.25, 0.3) is 0 Å². The Morgan fingerprint density at radius 3 is 2.08 bits per heavy atom. The van der Waals surface area contributed by atoms with Crippen LogP contribution in [0.1, 0.15) is 47.5 Å². The highest BCUT2D eigenvalue weighted by Gasteiger charge is 2.34. The van der Waals surface area contributed by atoms with Crippen LogP contribution in [-0.4, -0.2) is 40.5 Å². The summed E-state index contributed by atoms with van der Waals surface area (Å²) in [6.45, 7) is 0.442. The maximum Gasteiger partial charge on any atom is 0.335 e. The van der Waals surface area contributed by atoms with E-state index < -0.39 is 18.0 Å². The lowest BCUT2D eigenvalue weighted by molar-refractivity contribution is -0.119. The summed E-state index contributed by atoms with van der Waals surface area (Å²) in [6, 6.07) is 17.5. The Balaban J connectivity index is 1.21. The number of aromatic carboxylic acids is 1. The first kappa shape index (κ1) is 23.5. The molecule has 3 N–H and O–H groups in total. The number of carbonyl (C=O) groups is 3. The van der Waals surface area contributed by atoms with Gasteiger partial charge >= 0.3 is 12.0 Å². The molecule has 36 heavy (non-hydrogen) atoms. The topological polar surface area (TPSA) is 98.7 Å². The number of amides is 3. The first-order valence-electron chi connectivity index (χ1n) is 12.0. The molecule has 8 heteroatoms.